The molecular formula is C4H9NO4P+. The Labute approximate surface area is 58.7 Å². The fourth-order valence-electron chi connectivity index (χ4n) is 0.521. The first-order valence-corrected chi connectivity index (χ1v) is 3.88. The maximum absolute atomic E-state index is 10.3. The summed E-state index contributed by atoms with van der Waals surface area (Å²) in [6.07, 6.45) is 0. The summed E-state index contributed by atoms with van der Waals surface area (Å²) >= 11 is 0. The summed E-state index contributed by atoms with van der Waals surface area (Å²) in [5.74, 6) is -1.33. The zero-order valence-electron chi connectivity index (χ0n) is 5.39. The van der Waals surface area contributed by atoms with E-state index in [2.05, 4.69) is 0 Å². The predicted molar refractivity (Wildman–Crippen MR) is 34.9 cm³/mol. The second-order valence-corrected chi connectivity index (χ2v) is 3.11. The number of carbonyl (C=O) groups is 1. The number of rotatable bonds is 3. The van der Waals surface area contributed by atoms with Crippen LogP contribution in [0, 0.1) is 0 Å². The van der Waals surface area contributed by atoms with Gasteiger partial charge in [-0.25, -0.2) is 4.79 Å². The monoisotopic (exact) mass is 166 g/mol. The van der Waals surface area contributed by atoms with Gasteiger partial charge < -0.3 is 10.8 Å². The van der Waals surface area contributed by atoms with Crippen LogP contribution in [0.2, 0.25) is 0 Å². The molecule has 0 rings (SSSR count). The van der Waals surface area contributed by atoms with E-state index in [-0.39, 0.29) is 0 Å². The highest BCUT2D eigenvalue weighted by molar-refractivity contribution is 7.40. The Morgan fingerprint density at radius 2 is 2.10 bits per heavy atom. The van der Waals surface area contributed by atoms with Crippen molar-refractivity contribution in [3.05, 3.63) is 0 Å². The van der Waals surface area contributed by atoms with Gasteiger partial charge in [0, 0.05) is 0 Å². The van der Waals surface area contributed by atoms with Gasteiger partial charge in [0.15, 0.2) is 0 Å². The number of carboxylic acid groups (broad SMARTS) is 1. The van der Waals surface area contributed by atoms with Gasteiger partial charge in [0.05, 0.1) is 6.04 Å². The Bertz CT molecular complexity index is 143. The maximum Gasteiger partial charge on any atom is 0.522 e. The minimum absolute atomic E-state index is 0.800. The molecule has 0 saturated carbocycles. The summed E-state index contributed by atoms with van der Waals surface area (Å²) in [6, 6.07) is -0.800. The van der Waals surface area contributed by atoms with Crippen LogP contribution in [0.25, 0.3) is 0 Å². The first-order chi connectivity index (χ1) is 4.46. The van der Waals surface area contributed by atoms with Crippen LogP contribution in [-0.4, -0.2) is 27.7 Å². The lowest BCUT2D eigenvalue weighted by Crippen LogP contribution is -2.35. The lowest BCUT2D eigenvalue weighted by Gasteiger charge is -2.01. The van der Waals surface area contributed by atoms with Crippen molar-refractivity contribution in [3.8, 4) is 0 Å². The highest BCUT2D eigenvalue weighted by Crippen LogP contribution is 2.24. The zero-order valence-corrected chi connectivity index (χ0v) is 6.28. The smallest absolute Gasteiger partial charge is 0.478 e. The molecule has 0 bridgehead atoms. The molecule has 3 unspecified atom stereocenters. The second kappa shape index (κ2) is 3.61. The van der Waals surface area contributed by atoms with Gasteiger partial charge in [0.25, 0.3) is 5.66 Å². The number of aliphatic carboxylic acids is 1. The third-order valence-electron chi connectivity index (χ3n) is 0.989. The summed E-state index contributed by atoms with van der Waals surface area (Å²) in [7, 11) is -2.72. The number of nitrogens with two attached hydrogens (primary N) is 1. The molecule has 0 radical (unpaired) electrons. The van der Waals surface area contributed by atoms with Crippen LogP contribution >= 0.6 is 8.03 Å². The maximum atomic E-state index is 10.3. The summed E-state index contributed by atoms with van der Waals surface area (Å²) < 4.78 is 10.3. The van der Waals surface area contributed by atoms with E-state index in [4.69, 9.17) is 15.7 Å². The van der Waals surface area contributed by atoms with Crippen molar-refractivity contribution in [2.45, 2.75) is 18.6 Å². The standard InChI is InChI=1S/C4H8NO4P/c1-2(5)3(4(6)7)10(8)9/h2-3H,5H2,1H3,(H-,6,7,8,9)/p+1. The molecule has 0 spiro atoms. The van der Waals surface area contributed by atoms with Crippen molar-refractivity contribution < 1.29 is 19.4 Å². The summed E-state index contributed by atoms with van der Waals surface area (Å²) in [5, 5.41) is 8.29. The van der Waals surface area contributed by atoms with E-state index in [9.17, 15) is 9.36 Å². The van der Waals surface area contributed by atoms with E-state index in [0.717, 1.165) is 0 Å². The van der Waals surface area contributed by atoms with Crippen molar-refractivity contribution in [2.24, 2.45) is 5.73 Å². The molecule has 0 aliphatic rings. The van der Waals surface area contributed by atoms with Gasteiger partial charge in [0.1, 0.15) is 0 Å². The molecule has 58 valence electrons. The quantitative estimate of drug-likeness (QED) is 0.491. The van der Waals surface area contributed by atoms with E-state index in [1.807, 2.05) is 0 Å². The van der Waals surface area contributed by atoms with Gasteiger partial charge in [-0.1, -0.05) is 0 Å². The van der Waals surface area contributed by atoms with Gasteiger partial charge in [-0.2, -0.15) is 4.89 Å². The molecule has 0 aliphatic carbocycles. The molecule has 5 nitrogen and oxygen atoms in total. The van der Waals surface area contributed by atoms with Crippen molar-refractivity contribution in [3.63, 3.8) is 0 Å². The molecule has 0 amide bonds. The number of hydrogen-bond donors (Lipinski definition) is 3. The van der Waals surface area contributed by atoms with Crippen molar-refractivity contribution in [1.82, 2.24) is 0 Å². The Hall–Kier alpha value is -0.510. The van der Waals surface area contributed by atoms with Gasteiger partial charge >= 0.3 is 14.0 Å². The minimum atomic E-state index is -2.72. The fraction of sp³-hybridized carbons (Fsp3) is 0.750. The number of carboxylic acids is 1. The average Bonchev–Trinajstić information content (AvgIpc) is 1.59. The fourth-order valence-corrected chi connectivity index (χ4v) is 1.11. The first kappa shape index (κ1) is 9.49. The van der Waals surface area contributed by atoms with E-state index in [1.54, 1.807) is 0 Å². The molecule has 0 heterocycles. The van der Waals surface area contributed by atoms with Crippen LogP contribution in [-0.2, 0) is 9.36 Å². The number of hydrogen-bond acceptors (Lipinski definition) is 3. The second-order valence-electron chi connectivity index (χ2n) is 1.94. The lowest BCUT2D eigenvalue weighted by atomic mass is 10.2. The van der Waals surface area contributed by atoms with Gasteiger partial charge in [-0.15, -0.1) is 0 Å². The molecule has 0 fully saturated rings. The molecule has 10 heavy (non-hydrogen) atoms. The van der Waals surface area contributed by atoms with Gasteiger partial charge in [-0.05, 0) is 11.5 Å². The van der Waals surface area contributed by atoms with E-state index in [0.29, 0.717) is 0 Å². The highest BCUT2D eigenvalue weighted by Gasteiger charge is 2.40. The lowest BCUT2D eigenvalue weighted by molar-refractivity contribution is -0.136. The third-order valence-corrected chi connectivity index (χ3v) is 2.16. The Morgan fingerprint density at radius 1 is 1.70 bits per heavy atom. The largest absolute Gasteiger partial charge is 0.522 e. The van der Waals surface area contributed by atoms with Crippen LogP contribution < -0.4 is 5.73 Å². The highest BCUT2D eigenvalue weighted by atomic mass is 31.1. The summed E-state index contributed by atoms with van der Waals surface area (Å²) in [5.41, 5.74) is 3.76. The molecule has 0 aromatic rings. The minimum Gasteiger partial charge on any atom is -0.478 e. The van der Waals surface area contributed by atoms with Crippen LogP contribution in [0.15, 0.2) is 0 Å². The zero-order chi connectivity index (χ0) is 8.31. The molecule has 6 heteroatoms. The molecule has 3 atom stereocenters. The van der Waals surface area contributed by atoms with E-state index in [1.165, 1.54) is 6.92 Å². The van der Waals surface area contributed by atoms with Crippen LogP contribution in [0.3, 0.4) is 0 Å². The summed E-state index contributed by atoms with van der Waals surface area (Å²) in [6.45, 7) is 1.38. The topological polar surface area (TPSA) is 101 Å². The molecule has 0 aromatic carbocycles. The Balaban J connectivity index is 4.27. The van der Waals surface area contributed by atoms with Gasteiger partial charge in [-0.3, -0.25) is 0 Å². The SMILES string of the molecule is CC(N)C(C(=O)O)[P+](=O)O. The first-order valence-electron chi connectivity index (χ1n) is 2.60. The Morgan fingerprint density at radius 3 is 2.10 bits per heavy atom. The third kappa shape index (κ3) is 2.39. The molecule has 0 aliphatic heterocycles. The van der Waals surface area contributed by atoms with Crippen molar-refractivity contribution >= 4 is 14.0 Å². The normalized spacial score (nSPS) is 17.7. The molecule has 0 aromatic heterocycles. The molecule has 4 N–H and O–H groups in total. The average molecular weight is 166 g/mol. The van der Waals surface area contributed by atoms with E-state index < -0.39 is 25.7 Å². The molecule has 0 saturated heterocycles. The van der Waals surface area contributed by atoms with Crippen molar-refractivity contribution in [2.75, 3.05) is 0 Å². The predicted octanol–water partition coefficient (Wildman–Crippen LogP) is -0.479. The Kier molecular flexibility index (Phi) is 3.42. The van der Waals surface area contributed by atoms with Crippen LogP contribution in [0.5, 0.6) is 0 Å². The van der Waals surface area contributed by atoms with E-state index >= 15 is 0 Å². The van der Waals surface area contributed by atoms with Crippen LogP contribution in [0.1, 0.15) is 6.92 Å². The molecular weight excluding hydrogens is 157 g/mol. The van der Waals surface area contributed by atoms with Crippen LogP contribution in [0.4, 0.5) is 0 Å². The summed E-state index contributed by atoms with van der Waals surface area (Å²) in [4.78, 5) is 18.6. The van der Waals surface area contributed by atoms with Crippen molar-refractivity contribution in [1.29, 1.82) is 0 Å². The van der Waals surface area contributed by atoms with Gasteiger partial charge in [0.2, 0.25) is 0 Å².